The van der Waals surface area contributed by atoms with Crippen LogP contribution in [-0.2, 0) is 19.4 Å². The lowest BCUT2D eigenvalue weighted by molar-refractivity contribution is -0.154. The molecule has 0 aromatic carbocycles. The fraction of sp³-hybridized carbons (Fsp3) is 0.429. The maximum absolute atomic E-state index is 12.2. The lowest BCUT2D eigenvalue weighted by Crippen LogP contribution is -2.29. The van der Waals surface area contributed by atoms with Gasteiger partial charge in [-0.05, 0) is 0 Å². The maximum Gasteiger partial charge on any atom is 0.449 e. The van der Waals surface area contributed by atoms with Crippen molar-refractivity contribution in [2.24, 2.45) is 7.05 Å². The van der Waals surface area contributed by atoms with E-state index in [1.54, 1.807) is 0 Å². The Kier molecular flexibility index (Phi) is 2.74. The molecule has 0 aliphatic rings. The Labute approximate surface area is 84.3 Å². The van der Waals surface area contributed by atoms with E-state index >= 15 is 0 Å². The molecule has 90 valence electrons. The molecular weight excluding hydrogens is 242 g/mol. The predicted octanol–water partition coefficient (Wildman–Crippen LogP) is 1.82. The number of halogens is 6. The van der Waals surface area contributed by atoms with E-state index in [0.717, 1.165) is 0 Å². The molecule has 0 unspecified atom stereocenters. The van der Waals surface area contributed by atoms with Crippen LogP contribution in [-0.4, -0.2) is 9.55 Å². The number of hydrogen-bond donors (Lipinski definition) is 0. The second-order valence-electron chi connectivity index (χ2n) is 2.86. The van der Waals surface area contributed by atoms with Gasteiger partial charge >= 0.3 is 12.4 Å². The standard InChI is InChI=1S/C7H4F6N2O/c1-15-4(16)2-3(6(8,9)10)14-5(15)7(11,12)13/h2H,1H3. The number of alkyl halides is 6. The Hall–Kier alpha value is -1.54. The van der Waals surface area contributed by atoms with Crippen LogP contribution < -0.4 is 5.56 Å². The zero-order valence-electron chi connectivity index (χ0n) is 7.65. The quantitative estimate of drug-likeness (QED) is 0.654. The van der Waals surface area contributed by atoms with E-state index in [9.17, 15) is 31.1 Å². The zero-order valence-corrected chi connectivity index (χ0v) is 7.65. The molecule has 0 saturated heterocycles. The van der Waals surface area contributed by atoms with Gasteiger partial charge in [0.25, 0.3) is 5.56 Å². The second kappa shape index (κ2) is 3.49. The van der Waals surface area contributed by atoms with Crippen molar-refractivity contribution in [3.63, 3.8) is 0 Å². The summed E-state index contributed by atoms with van der Waals surface area (Å²) in [6, 6.07) is 0.00917. The van der Waals surface area contributed by atoms with Crippen LogP contribution in [0, 0.1) is 0 Å². The molecule has 0 bridgehead atoms. The first-order chi connectivity index (χ1) is 7.03. The molecule has 0 fully saturated rings. The lowest BCUT2D eigenvalue weighted by Gasteiger charge is -2.13. The van der Waals surface area contributed by atoms with Gasteiger partial charge in [0.1, 0.15) is 0 Å². The molecule has 3 nitrogen and oxygen atoms in total. The van der Waals surface area contributed by atoms with E-state index in [-0.39, 0.29) is 10.6 Å². The summed E-state index contributed by atoms with van der Waals surface area (Å²) in [4.78, 5) is 13.3. The highest BCUT2D eigenvalue weighted by Gasteiger charge is 2.40. The van der Waals surface area contributed by atoms with Gasteiger partial charge in [0.05, 0.1) is 0 Å². The summed E-state index contributed by atoms with van der Waals surface area (Å²) in [7, 11) is 0.693. The fourth-order valence-corrected chi connectivity index (χ4v) is 0.938. The summed E-state index contributed by atoms with van der Waals surface area (Å²) in [6.07, 6.45) is -10.2. The highest BCUT2D eigenvalue weighted by molar-refractivity contribution is 5.09. The molecular formula is C7H4F6N2O. The summed E-state index contributed by atoms with van der Waals surface area (Å²) in [5.41, 5.74) is -3.28. The van der Waals surface area contributed by atoms with Crippen molar-refractivity contribution in [3.8, 4) is 0 Å². The number of aromatic nitrogens is 2. The second-order valence-corrected chi connectivity index (χ2v) is 2.86. The highest BCUT2D eigenvalue weighted by atomic mass is 19.4. The van der Waals surface area contributed by atoms with Gasteiger partial charge in [-0.25, -0.2) is 4.98 Å². The van der Waals surface area contributed by atoms with Crippen LogP contribution in [0.2, 0.25) is 0 Å². The summed E-state index contributed by atoms with van der Waals surface area (Å²) in [6.45, 7) is 0. The maximum atomic E-state index is 12.2. The van der Waals surface area contributed by atoms with Crippen molar-refractivity contribution >= 4 is 0 Å². The van der Waals surface area contributed by atoms with Gasteiger partial charge in [-0.3, -0.25) is 9.36 Å². The summed E-state index contributed by atoms with van der Waals surface area (Å²) < 4.78 is 72.9. The van der Waals surface area contributed by atoms with E-state index in [1.165, 1.54) is 0 Å². The average Bonchev–Trinajstić information content (AvgIpc) is 2.05. The Morgan fingerprint density at radius 1 is 1.12 bits per heavy atom. The van der Waals surface area contributed by atoms with Crippen LogP contribution in [0.25, 0.3) is 0 Å². The minimum Gasteiger partial charge on any atom is -0.292 e. The Bertz CT molecular complexity index is 457. The van der Waals surface area contributed by atoms with E-state index in [0.29, 0.717) is 7.05 Å². The summed E-state index contributed by atoms with van der Waals surface area (Å²) in [5.74, 6) is -1.88. The molecule has 0 spiro atoms. The topological polar surface area (TPSA) is 34.9 Å². The minimum atomic E-state index is -5.12. The van der Waals surface area contributed by atoms with Gasteiger partial charge in [-0.15, -0.1) is 0 Å². The van der Waals surface area contributed by atoms with Crippen LogP contribution in [0.4, 0.5) is 26.3 Å². The molecule has 0 aliphatic carbocycles. The summed E-state index contributed by atoms with van der Waals surface area (Å²) >= 11 is 0. The third-order valence-electron chi connectivity index (χ3n) is 1.68. The molecule has 1 rings (SSSR count). The molecule has 0 atom stereocenters. The number of nitrogens with zero attached hydrogens (tertiary/aromatic N) is 2. The molecule has 16 heavy (non-hydrogen) atoms. The van der Waals surface area contributed by atoms with Crippen molar-refractivity contribution in [2.45, 2.75) is 12.4 Å². The van der Waals surface area contributed by atoms with Crippen molar-refractivity contribution in [2.75, 3.05) is 0 Å². The Morgan fingerprint density at radius 2 is 1.62 bits per heavy atom. The monoisotopic (exact) mass is 246 g/mol. The van der Waals surface area contributed by atoms with Crippen LogP contribution in [0.1, 0.15) is 11.5 Å². The van der Waals surface area contributed by atoms with Crippen LogP contribution in [0.3, 0.4) is 0 Å². The minimum absolute atomic E-state index is 0.00917. The molecule has 0 radical (unpaired) electrons. The Balaban J connectivity index is 3.53. The van der Waals surface area contributed by atoms with Crippen LogP contribution >= 0.6 is 0 Å². The molecule has 0 N–H and O–H groups in total. The number of hydrogen-bond acceptors (Lipinski definition) is 2. The fourth-order valence-electron chi connectivity index (χ4n) is 0.938. The van der Waals surface area contributed by atoms with E-state index in [1.807, 2.05) is 0 Å². The van der Waals surface area contributed by atoms with Crippen LogP contribution in [0.5, 0.6) is 0 Å². The van der Waals surface area contributed by atoms with E-state index in [4.69, 9.17) is 0 Å². The molecule has 0 aliphatic heterocycles. The lowest BCUT2D eigenvalue weighted by atomic mass is 10.3. The first-order valence-corrected chi connectivity index (χ1v) is 3.76. The molecule has 1 aromatic heterocycles. The van der Waals surface area contributed by atoms with Gasteiger partial charge in [-0.1, -0.05) is 0 Å². The van der Waals surface area contributed by atoms with Crippen molar-refractivity contribution in [3.05, 3.63) is 27.9 Å². The van der Waals surface area contributed by atoms with E-state index in [2.05, 4.69) is 4.98 Å². The smallest absolute Gasteiger partial charge is 0.292 e. The van der Waals surface area contributed by atoms with Crippen molar-refractivity contribution in [1.82, 2.24) is 9.55 Å². The van der Waals surface area contributed by atoms with Crippen molar-refractivity contribution in [1.29, 1.82) is 0 Å². The normalized spacial score (nSPS) is 12.9. The van der Waals surface area contributed by atoms with E-state index < -0.39 is 29.4 Å². The van der Waals surface area contributed by atoms with Gasteiger partial charge in [-0.2, -0.15) is 26.3 Å². The zero-order chi connectivity index (χ0) is 12.7. The van der Waals surface area contributed by atoms with Gasteiger partial charge in [0.2, 0.25) is 5.82 Å². The number of rotatable bonds is 0. The first kappa shape index (κ1) is 12.5. The van der Waals surface area contributed by atoms with Gasteiger partial charge in [0, 0.05) is 13.1 Å². The molecule has 0 saturated carbocycles. The van der Waals surface area contributed by atoms with Gasteiger partial charge < -0.3 is 0 Å². The Morgan fingerprint density at radius 3 is 2.00 bits per heavy atom. The highest BCUT2D eigenvalue weighted by Crippen LogP contribution is 2.31. The molecule has 1 aromatic rings. The SMILES string of the molecule is Cn1c(C(F)(F)F)nc(C(F)(F)F)cc1=O. The first-order valence-electron chi connectivity index (χ1n) is 3.76. The summed E-state index contributed by atoms with van der Waals surface area (Å²) in [5, 5.41) is 0. The van der Waals surface area contributed by atoms with Crippen LogP contribution in [0.15, 0.2) is 10.9 Å². The largest absolute Gasteiger partial charge is 0.449 e. The predicted molar refractivity (Wildman–Crippen MR) is 39.5 cm³/mol. The average molecular weight is 246 g/mol. The molecule has 1 heterocycles. The molecule has 0 amide bonds. The van der Waals surface area contributed by atoms with Gasteiger partial charge in [0.15, 0.2) is 5.69 Å². The van der Waals surface area contributed by atoms with Crippen molar-refractivity contribution < 1.29 is 26.3 Å². The third-order valence-corrected chi connectivity index (χ3v) is 1.68. The third kappa shape index (κ3) is 2.34. The molecule has 9 heteroatoms.